The van der Waals surface area contributed by atoms with Gasteiger partial charge in [0.25, 0.3) is 5.97 Å². The molecule has 0 fully saturated rings. The van der Waals surface area contributed by atoms with Crippen molar-refractivity contribution in [3.63, 3.8) is 0 Å². The van der Waals surface area contributed by atoms with E-state index in [2.05, 4.69) is 0 Å². The van der Waals surface area contributed by atoms with Crippen molar-refractivity contribution in [3.8, 4) is 5.75 Å². The van der Waals surface area contributed by atoms with Crippen molar-refractivity contribution in [1.82, 2.24) is 4.57 Å². The number of hydrogen-bond acceptors (Lipinski definition) is 4. The number of aromatic nitrogens is 1. The first-order valence-electron chi connectivity index (χ1n) is 6.44. The zero-order valence-corrected chi connectivity index (χ0v) is 12.4. The Labute approximate surface area is 123 Å². The summed E-state index contributed by atoms with van der Waals surface area (Å²) in [7, 11) is 1.96. The van der Waals surface area contributed by atoms with Crippen molar-refractivity contribution in [2.75, 3.05) is 13.2 Å². The molecule has 1 aromatic carbocycles. The number of carbonyl (C=O) groups is 1. The molecule has 0 atom stereocenters. The molecule has 3 N–H and O–H groups in total. The molecule has 1 aromatic heterocycles. The first kappa shape index (κ1) is 16.7. The summed E-state index contributed by atoms with van der Waals surface area (Å²) in [5.41, 5.74) is 2.52. The summed E-state index contributed by atoms with van der Waals surface area (Å²) in [6.07, 6.45) is 1.95. The van der Waals surface area contributed by atoms with Crippen molar-refractivity contribution in [1.29, 1.82) is 5.41 Å². The van der Waals surface area contributed by atoms with Crippen LogP contribution in [-0.4, -0.2) is 39.7 Å². The third-order valence-corrected chi connectivity index (χ3v) is 2.72. The second-order valence-corrected chi connectivity index (χ2v) is 4.55. The predicted octanol–water partition coefficient (Wildman–Crippen LogP) is 2.03. The molecule has 0 unspecified atom stereocenters. The molecular formula is C15H20N2O4. The highest BCUT2D eigenvalue weighted by atomic mass is 16.5. The molecule has 2 rings (SSSR count). The van der Waals surface area contributed by atoms with E-state index in [4.69, 9.17) is 25.2 Å². The van der Waals surface area contributed by atoms with E-state index in [1.807, 2.05) is 36.0 Å². The van der Waals surface area contributed by atoms with Crippen LogP contribution in [-0.2, 0) is 11.8 Å². The van der Waals surface area contributed by atoms with Crippen LogP contribution in [0.15, 0.2) is 24.4 Å². The van der Waals surface area contributed by atoms with Crippen molar-refractivity contribution >= 4 is 22.6 Å². The second-order valence-electron chi connectivity index (χ2n) is 4.55. The normalized spacial score (nSPS) is 9.90. The highest BCUT2D eigenvalue weighted by Crippen LogP contribution is 2.25. The molecule has 0 aliphatic rings. The summed E-state index contributed by atoms with van der Waals surface area (Å²) in [5, 5.41) is 24.9. The molecule has 0 radical (unpaired) electrons. The van der Waals surface area contributed by atoms with Crippen LogP contribution in [0.1, 0.15) is 19.4 Å². The number of fused-ring (bicyclic) bond motifs is 1. The van der Waals surface area contributed by atoms with E-state index < -0.39 is 5.97 Å². The lowest BCUT2D eigenvalue weighted by Gasteiger charge is -2.05. The standard InChI is InChI=1S/C13H16N2O2.C2H4O2/c1-9(14)12-8-15(2)13-4-3-10(7-11(12)13)17-6-5-16;1-2(3)4/h3-4,7-8,14,16H,5-6H2,1-2H3;1H3,(H,3,4). The minimum Gasteiger partial charge on any atom is -0.491 e. The van der Waals surface area contributed by atoms with E-state index in [1.54, 1.807) is 6.92 Å². The maximum atomic E-state index is 9.00. The van der Waals surface area contributed by atoms with Gasteiger partial charge < -0.3 is 24.9 Å². The fourth-order valence-corrected chi connectivity index (χ4v) is 1.92. The Morgan fingerprint density at radius 3 is 2.52 bits per heavy atom. The van der Waals surface area contributed by atoms with Crippen molar-refractivity contribution in [2.45, 2.75) is 13.8 Å². The number of aryl methyl sites for hydroxylation is 1. The third-order valence-electron chi connectivity index (χ3n) is 2.72. The summed E-state index contributed by atoms with van der Waals surface area (Å²) in [5.74, 6) is -0.111. The van der Waals surface area contributed by atoms with Crippen LogP contribution in [0, 0.1) is 5.41 Å². The summed E-state index contributed by atoms with van der Waals surface area (Å²) in [4.78, 5) is 9.00. The van der Waals surface area contributed by atoms with Crippen molar-refractivity contribution < 1.29 is 19.7 Å². The van der Waals surface area contributed by atoms with Gasteiger partial charge in [-0.15, -0.1) is 0 Å². The molecule has 0 aliphatic heterocycles. The molecule has 0 amide bonds. The minimum absolute atomic E-state index is 0.00326. The SMILES string of the molecule is CC(=N)c1cn(C)c2ccc(OCCO)cc12.CC(=O)O. The van der Waals surface area contributed by atoms with Crippen LogP contribution < -0.4 is 4.74 Å². The predicted molar refractivity (Wildman–Crippen MR) is 81.3 cm³/mol. The van der Waals surface area contributed by atoms with Gasteiger partial charge in [0.15, 0.2) is 0 Å². The molecule has 6 nitrogen and oxygen atoms in total. The number of carboxylic acid groups (broad SMARTS) is 1. The fourth-order valence-electron chi connectivity index (χ4n) is 1.92. The molecule has 0 saturated heterocycles. The molecule has 0 spiro atoms. The molecular weight excluding hydrogens is 272 g/mol. The van der Waals surface area contributed by atoms with Crippen LogP contribution in [0.25, 0.3) is 10.9 Å². The van der Waals surface area contributed by atoms with E-state index in [1.165, 1.54) is 0 Å². The Bertz CT molecular complexity index is 642. The van der Waals surface area contributed by atoms with E-state index in [9.17, 15) is 0 Å². The molecule has 0 aliphatic carbocycles. The Kier molecular flexibility index (Phi) is 5.92. The van der Waals surface area contributed by atoms with Gasteiger partial charge in [0, 0.05) is 42.3 Å². The van der Waals surface area contributed by atoms with Gasteiger partial charge in [-0.1, -0.05) is 0 Å². The van der Waals surface area contributed by atoms with Gasteiger partial charge >= 0.3 is 0 Å². The first-order valence-corrected chi connectivity index (χ1v) is 6.44. The quantitative estimate of drug-likeness (QED) is 0.751. The molecule has 6 heteroatoms. The molecule has 114 valence electrons. The Morgan fingerprint density at radius 2 is 2.00 bits per heavy atom. The lowest BCUT2D eigenvalue weighted by Crippen LogP contribution is -2.01. The molecule has 2 aromatic rings. The highest BCUT2D eigenvalue weighted by Gasteiger charge is 2.09. The van der Waals surface area contributed by atoms with Crippen LogP contribution in [0.3, 0.4) is 0 Å². The Morgan fingerprint density at radius 1 is 1.38 bits per heavy atom. The lowest BCUT2D eigenvalue weighted by molar-refractivity contribution is -0.134. The molecule has 0 saturated carbocycles. The van der Waals surface area contributed by atoms with Gasteiger partial charge in [0.05, 0.1) is 6.61 Å². The summed E-state index contributed by atoms with van der Waals surface area (Å²) in [6, 6.07) is 5.76. The van der Waals surface area contributed by atoms with Gasteiger partial charge in [-0.3, -0.25) is 4.79 Å². The number of nitrogens with one attached hydrogen (secondary N) is 1. The average Bonchev–Trinajstić information content (AvgIpc) is 2.73. The van der Waals surface area contributed by atoms with E-state index in [0.29, 0.717) is 5.71 Å². The fraction of sp³-hybridized carbons (Fsp3) is 0.333. The Balaban J connectivity index is 0.000000491. The van der Waals surface area contributed by atoms with Crippen LogP contribution in [0.5, 0.6) is 5.75 Å². The molecule has 0 bridgehead atoms. The number of aliphatic hydroxyl groups excluding tert-OH is 1. The van der Waals surface area contributed by atoms with E-state index in [0.717, 1.165) is 29.1 Å². The topological polar surface area (TPSA) is 95.5 Å². The first-order chi connectivity index (χ1) is 9.86. The lowest BCUT2D eigenvalue weighted by atomic mass is 10.1. The van der Waals surface area contributed by atoms with E-state index in [-0.39, 0.29) is 13.2 Å². The number of ether oxygens (including phenoxy) is 1. The monoisotopic (exact) mass is 292 g/mol. The van der Waals surface area contributed by atoms with Crippen LogP contribution >= 0.6 is 0 Å². The number of nitrogens with zero attached hydrogens (tertiary/aromatic N) is 1. The number of rotatable bonds is 4. The zero-order valence-electron chi connectivity index (χ0n) is 12.4. The van der Waals surface area contributed by atoms with Gasteiger partial charge in [-0.2, -0.15) is 0 Å². The average molecular weight is 292 g/mol. The second kappa shape index (κ2) is 7.44. The maximum absolute atomic E-state index is 9.00. The number of aliphatic hydroxyl groups is 1. The maximum Gasteiger partial charge on any atom is 0.300 e. The van der Waals surface area contributed by atoms with Crippen molar-refractivity contribution in [2.24, 2.45) is 7.05 Å². The zero-order chi connectivity index (χ0) is 16.0. The van der Waals surface area contributed by atoms with Gasteiger partial charge in [-0.25, -0.2) is 0 Å². The highest BCUT2D eigenvalue weighted by molar-refractivity contribution is 6.08. The largest absolute Gasteiger partial charge is 0.491 e. The van der Waals surface area contributed by atoms with E-state index >= 15 is 0 Å². The number of aliphatic carboxylic acids is 1. The number of carboxylic acids is 1. The number of benzene rings is 1. The Hall–Kier alpha value is -2.34. The van der Waals surface area contributed by atoms with Gasteiger partial charge in [0.2, 0.25) is 0 Å². The van der Waals surface area contributed by atoms with Gasteiger partial charge in [0.1, 0.15) is 12.4 Å². The van der Waals surface area contributed by atoms with Gasteiger partial charge in [-0.05, 0) is 25.1 Å². The van der Waals surface area contributed by atoms with Crippen LogP contribution in [0.2, 0.25) is 0 Å². The summed E-state index contributed by atoms with van der Waals surface area (Å²) >= 11 is 0. The third kappa shape index (κ3) is 4.61. The van der Waals surface area contributed by atoms with Crippen LogP contribution in [0.4, 0.5) is 0 Å². The summed E-state index contributed by atoms with van der Waals surface area (Å²) in [6.45, 7) is 3.15. The minimum atomic E-state index is -0.833. The summed E-state index contributed by atoms with van der Waals surface area (Å²) < 4.78 is 7.38. The molecule has 21 heavy (non-hydrogen) atoms. The smallest absolute Gasteiger partial charge is 0.300 e. The number of hydrogen-bond donors (Lipinski definition) is 3. The van der Waals surface area contributed by atoms with Crippen molar-refractivity contribution in [3.05, 3.63) is 30.0 Å². The molecule has 1 heterocycles.